The molecule has 0 aliphatic carbocycles. The van der Waals surface area contributed by atoms with Crippen molar-refractivity contribution < 1.29 is 29.0 Å². The zero-order chi connectivity index (χ0) is 27.2. The zero-order valence-corrected chi connectivity index (χ0v) is 21.6. The maximum atomic E-state index is 13.5. The predicted octanol–water partition coefficient (Wildman–Crippen LogP) is 4.44. The fourth-order valence-electron chi connectivity index (χ4n) is 4.28. The molecule has 1 amide bonds. The summed E-state index contributed by atoms with van der Waals surface area (Å²) in [6.07, 6.45) is 0.987. The minimum Gasteiger partial charge on any atom is -0.480 e. The van der Waals surface area contributed by atoms with Gasteiger partial charge in [0, 0.05) is 5.92 Å². The van der Waals surface area contributed by atoms with E-state index >= 15 is 0 Å². The van der Waals surface area contributed by atoms with E-state index in [9.17, 15) is 19.5 Å². The van der Waals surface area contributed by atoms with Crippen molar-refractivity contribution in [3.8, 4) is 0 Å². The lowest BCUT2D eigenvalue weighted by Gasteiger charge is -2.24. The summed E-state index contributed by atoms with van der Waals surface area (Å²) in [7, 11) is 0. The van der Waals surface area contributed by atoms with Crippen LogP contribution in [0.5, 0.6) is 0 Å². The van der Waals surface area contributed by atoms with E-state index in [2.05, 4.69) is 5.32 Å². The number of carbonyl (C=O) groups excluding carboxylic acids is 2. The van der Waals surface area contributed by atoms with E-state index in [0.717, 1.165) is 16.7 Å². The molecule has 0 unspecified atom stereocenters. The lowest BCUT2D eigenvalue weighted by atomic mass is 9.85. The molecule has 3 aromatic carbocycles. The maximum Gasteiger partial charge on any atom is 0.328 e. The molecule has 7 heteroatoms. The molecule has 0 aliphatic rings. The Morgan fingerprint density at radius 3 is 1.76 bits per heavy atom. The van der Waals surface area contributed by atoms with E-state index in [-0.39, 0.29) is 32.2 Å². The van der Waals surface area contributed by atoms with E-state index in [1.807, 2.05) is 91.0 Å². The van der Waals surface area contributed by atoms with E-state index in [4.69, 9.17) is 9.47 Å². The van der Waals surface area contributed by atoms with Gasteiger partial charge in [-0.05, 0) is 42.9 Å². The average Bonchev–Trinajstić information content (AvgIpc) is 2.93. The lowest BCUT2D eigenvalue weighted by molar-refractivity contribution is -0.149. The predicted molar refractivity (Wildman–Crippen MR) is 144 cm³/mol. The van der Waals surface area contributed by atoms with Crippen molar-refractivity contribution in [3.05, 3.63) is 108 Å². The van der Waals surface area contributed by atoms with Gasteiger partial charge in [0.2, 0.25) is 5.91 Å². The number of rotatable bonds is 15. The molecule has 0 spiro atoms. The summed E-state index contributed by atoms with van der Waals surface area (Å²) < 4.78 is 10.9. The molecule has 3 aromatic rings. The molecule has 0 fully saturated rings. The zero-order valence-electron chi connectivity index (χ0n) is 21.6. The smallest absolute Gasteiger partial charge is 0.328 e. The summed E-state index contributed by atoms with van der Waals surface area (Å²) in [5, 5.41) is 12.4. The number of hydrogen-bond donors (Lipinski definition) is 2. The van der Waals surface area contributed by atoms with Crippen LogP contribution in [0.1, 0.15) is 30.0 Å². The fourth-order valence-corrected chi connectivity index (χ4v) is 4.28. The Kier molecular flexibility index (Phi) is 11.5. The molecule has 0 saturated heterocycles. The van der Waals surface area contributed by atoms with Gasteiger partial charge in [0.15, 0.2) is 6.04 Å². The van der Waals surface area contributed by atoms with E-state index in [1.165, 1.54) is 0 Å². The van der Waals surface area contributed by atoms with Crippen LogP contribution < -0.4 is 5.32 Å². The van der Waals surface area contributed by atoms with Gasteiger partial charge >= 0.3 is 11.9 Å². The Balaban J connectivity index is 1.75. The fraction of sp³-hybridized carbons (Fsp3) is 0.323. The molecule has 0 heterocycles. The third-order valence-electron chi connectivity index (χ3n) is 6.22. The topological polar surface area (TPSA) is 102 Å². The van der Waals surface area contributed by atoms with Gasteiger partial charge in [0.05, 0.1) is 25.7 Å². The summed E-state index contributed by atoms with van der Waals surface area (Å²) in [4.78, 5) is 38.3. The first-order valence-electron chi connectivity index (χ1n) is 12.9. The van der Waals surface area contributed by atoms with Crippen LogP contribution in [0.4, 0.5) is 0 Å². The monoisotopic (exact) mass is 517 g/mol. The number of carboxylic acids is 1. The Hall–Kier alpha value is -3.97. The molecular weight excluding hydrogens is 482 g/mol. The van der Waals surface area contributed by atoms with Crippen LogP contribution in [-0.4, -0.2) is 42.2 Å². The van der Waals surface area contributed by atoms with Crippen molar-refractivity contribution in [3.63, 3.8) is 0 Å². The Labute approximate surface area is 223 Å². The first-order chi connectivity index (χ1) is 18.5. The molecule has 7 nitrogen and oxygen atoms in total. The SMILES string of the molecule is CCOC(=O)[C@H](Cc1ccccc1)C[C@@H](Cc1ccccc1)C(=O)N[C@@H](COCc1ccccc1)C(=O)O. The second kappa shape index (κ2) is 15.3. The van der Waals surface area contributed by atoms with Crippen molar-refractivity contribution in [2.24, 2.45) is 11.8 Å². The quantitative estimate of drug-likeness (QED) is 0.289. The number of hydrogen-bond acceptors (Lipinski definition) is 5. The highest BCUT2D eigenvalue weighted by Crippen LogP contribution is 2.23. The third kappa shape index (κ3) is 9.48. The van der Waals surface area contributed by atoms with Gasteiger partial charge in [-0.1, -0.05) is 91.0 Å². The highest BCUT2D eigenvalue weighted by Gasteiger charge is 2.31. The van der Waals surface area contributed by atoms with Crippen LogP contribution in [0, 0.1) is 11.8 Å². The Bertz CT molecular complexity index is 1140. The maximum absolute atomic E-state index is 13.5. The van der Waals surface area contributed by atoms with Gasteiger partial charge in [-0.2, -0.15) is 0 Å². The molecule has 38 heavy (non-hydrogen) atoms. The molecule has 200 valence electrons. The minimum atomic E-state index is -1.22. The molecule has 3 atom stereocenters. The third-order valence-corrected chi connectivity index (χ3v) is 6.22. The van der Waals surface area contributed by atoms with Gasteiger partial charge in [-0.25, -0.2) is 4.79 Å². The van der Waals surface area contributed by atoms with Gasteiger partial charge in [-0.15, -0.1) is 0 Å². The largest absolute Gasteiger partial charge is 0.480 e. The van der Waals surface area contributed by atoms with Crippen molar-refractivity contribution in [1.82, 2.24) is 5.32 Å². The summed E-state index contributed by atoms with van der Waals surface area (Å²) >= 11 is 0. The number of aliphatic carboxylic acids is 1. The van der Waals surface area contributed by atoms with E-state index in [1.54, 1.807) is 6.92 Å². The Morgan fingerprint density at radius 2 is 1.26 bits per heavy atom. The molecule has 2 N–H and O–H groups in total. The number of carbonyl (C=O) groups is 3. The number of carboxylic acid groups (broad SMARTS) is 1. The molecule has 0 aliphatic heterocycles. The highest BCUT2D eigenvalue weighted by atomic mass is 16.5. The Morgan fingerprint density at radius 1 is 0.763 bits per heavy atom. The highest BCUT2D eigenvalue weighted by molar-refractivity contribution is 5.85. The number of nitrogens with one attached hydrogen (secondary N) is 1. The van der Waals surface area contributed by atoms with Crippen molar-refractivity contribution in [2.75, 3.05) is 13.2 Å². The van der Waals surface area contributed by atoms with Gasteiger partial charge < -0.3 is 19.9 Å². The summed E-state index contributed by atoms with van der Waals surface area (Å²) in [6, 6.07) is 27.2. The van der Waals surface area contributed by atoms with Crippen LogP contribution in [0.2, 0.25) is 0 Å². The van der Waals surface area contributed by atoms with Crippen LogP contribution in [0.25, 0.3) is 0 Å². The molecule has 0 radical (unpaired) electrons. The first-order valence-corrected chi connectivity index (χ1v) is 12.9. The average molecular weight is 518 g/mol. The molecule has 0 aromatic heterocycles. The van der Waals surface area contributed by atoms with Crippen molar-refractivity contribution in [2.45, 2.75) is 38.8 Å². The summed E-state index contributed by atoms with van der Waals surface area (Å²) in [5.41, 5.74) is 2.78. The van der Waals surface area contributed by atoms with Crippen molar-refractivity contribution in [1.29, 1.82) is 0 Å². The first kappa shape index (κ1) is 28.6. The van der Waals surface area contributed by atoms with Crippen LogP contribution >= 0.6 is 0 Å². The molecule has 0 bridgehead atoms. The number of amides is 1. The normalized spacial score (nSPS) is 13.2. The lowest BCUT2D eigenvalue weighted by Crippen LogP contribution is -2.47. The minimum absolute atomic E-state index is 0.181. The van der Waals surface area contributed by atoms with Crippen LogP contribution in [-0.2, 0) is 43.3 Å². The van der Waals surface area contributed by atoms with Crippen molar-refractivity contribution >= 4 is 17.8 Å². The van der Waals surface area contributed by atoms with E-state index in [0.29, 0.717) is 12.8 Å². The second-order valence-electron chi connectivity index (χ2n) is 9.16. The summed E-state index contributed by atoms with van der Waals surface area (Å²) in [6.45, 7) is 2.04. The summed E-state index contributed by atoms with van der Waals surface area (Å²) in [5.74, 6) is -3.20. The van der Waals surface area contributed by atoms with Crippen LogP contribution in [0.15, 0.2) is 91.0 Å². The standard InChI is InChI=1S/C31H35NO6/c1-2-38-31(36)27(19-24-14-8-4-9-15-24)20-26(18-23-12-6-3-7-13-23)29(33)32-28(30(34)35)22-37-21-25-16-10-5-11-17-25/h3-17,26-28H,2,18-22H2,1H3,(H,32,33)(H,34,35)/t26-,27-,28+/m1/s1. The van der Waals surface area contributed by atoms with Gasteiger partial charge in [0.1, 0.15) is 0 Å². The molecule has 3 rings (SSSR count). The van der Waals surface area contributed by atoms with Crippen LogP contribution in [0.3, 0.4) is 0 Å². The number of benzene rings is 3. The van der Waals surface area contributed by atoms with E-state index < -0.39 is 29.8 Å². The molecular formula is C31H35NO6. The number of esters is 1. The number of ether oxygens (including phenoxy) is 2. The van der Waals surface area contributed by atoms with Gasteiger partial charge in [-0.3, -0.25) is 9.59 Å². The van der Waals surface area contributed by atoms with Gasteiger partial charge in [0.25, 0.3) is 0 Å². The second-order valence-corrected chi connectivity index (χ2v) is 9.16. The molecule has 0 saturated carbocycles.